The maximum Gasteiger partial charge on any atom is 0.203 e. The molecule has 0 spiro atoms. The molecular weight excluding hydrogens is 339 g/mol. The number of ether oxygens (including phenoxy) is 3. The molecule has 1 atom stereocenters. The van der Waals surface area contributed by atoms with Crippen LogP contribution in [0.2, 0.25) is 0 Å². The molecule has 0 aliphatic carbocycles. The number of nitrogens with one attached hydrogen (secondary N) is 1. The predicted octanol–water partition coefficient (Wildman–Crippen LogP) is 2.45. The summed E-state index contributed by atoms with van der Waals surface area (Å²) in [7, 11) is 4.49. The van der Waals surface area contributed by atoms with Gasteiger partial charge >= 0.3 is 0 Å². The highest BCUT2D eigenvalue weighted by molar-refractivity contribution is 6.07. The van der Waals surface area contributed by atoms with Crippen LogP contribution in [0.4, 0.5) is 4.39 Å². The van der Waals surface area contributed by atoms with E-state index in [1.807, 2.05) is 0 Å². The highest BCUT2D eigenvalue weighted by Crippen LogP contribution is 2.38. The Labute approximate surface area is 150 Å². The zero-order valence-electron chi connectivity index (χ0n) is 14.7. The number of carbonyl (C=O) groups is 1. The summed E-state index contributed by atoms with van der Waals surface area (Å²) in [6.45, 7) is 0.363. The van der Waals surface area contributed by atoms with E-state index in [2.05, 4.69) is 10.3 Å². The zero-order valence-corrected chi connectivity index (χ0v) is 14.7. The van der Waals surface area contributed by atoms with Gasteiger partial charge in [0.2, 0.25) is 5.75 Å². The Balaban J connectivity index is 1.89. The third-order valence-electron chi connectivity index (χ3n) is 4.12. The Morgan fingerprint density at radius 2 is 1.69 bits per heavy atom. The lowest BCUT2D eigenvalue weighted by molar-refractivity contribution is 0.0966. The number of amidine groups is 1. The van der Waals surface area contributed by atoms with E-state index in [4.69, 9.17) is 14.2 Å². The Morgan fingerprint density at radius 1 is 1.08 bits per heavy atom. The van der Waals surface area contributed by atoms with E-state index in [1.54, 1.807) is 24.3 Å². The van der Waals surface area contributed by atoms with Gasteiger partial charge in [0.25, 0.3) is 0 Å². The van der Waals surface area contributed by atoms with Crippen molar-refractivity contribution in [1.29, 1.82) is 0 Å². The smallest absolute Gasteiger partial charge is 0.203 e. The molecule has 6 nitrogen and oxygen atoms in total. The largest absolute Gasteiger partial charge is 0.493 e. The minimum atomic E-state index is -0.585. The predicted molar refractivity (Wildman–Crippen MR) is 95.2 cm³/mol. The zero-order chi connectivity index (χ0) is 18.7. The summed E-state index contributed by atoms with van der Waals surface area (Å²) in [6, 6.07) is 8.57. The number of hydrogen-bond donors (Lipinski definition) is 1. The second-order valence-electron chi connectivity index (χ2n) is 5.66. The molecule has 3 rings (SSSR count). The first-order valence-corrected chi connectivity index (χ1v) is 7.99. The van der Waals surface area contributed by atoms with Crippen LogP contribution in [0.25, 0.3) is 0 Å². The molecule has 2 aromatic carbocycles. The normalized spacial score (nSPS) is 15.8. The van der Waals surface area contributed by atoms with Crippen LogP contribution in [0.5, 0.6) is 17.2 Å². The fraction of sp³-hybridized carbons (Fsp3) is 0.263. The monoisotopic (exact) mass is 358 g/mol. The third-order valence-corrected chi connectivity index (χ3v) is 4.12. The van der Waals surface area contributed by atoms with Gasteiger partial charge in [-0.05, 0) is 36.4 Å². The maximum absolute atomic E-state index is 13.1. The second-order valence-corrected chi connectivity index (χ2v) is 5.66. The molecule has 1 unspecified atom stereocenters. The Hall–Kier alpha value is -3.09. The molecule has 7 heteroatoms. The van der Waals surface area contributed by atoms with Gasteiger partial charge in [-0.3, -0.25) is 9.79 Å². The van der Waals surface area contributed by atoms with Crippen LogP contribution in [0.3, 0.4) is 0 Å². The van der Waals surface area contributed by atoms with Gasteiger partial charge in [0.05, 0.1) is 21.3 Å². The Kier molecular flexibility index (Phi) is 5.06. The molecule has 26 heavy (non-hydrogen) atoms. The lowest BCUT2D eigenvalue weighted by Crippen LogP contribution is -2.26. The van der Waals surface area contributed by atoms with Crippen LogP contribution in [-0.4, -0.2) is 45.5 Å². The first kappa shape index (κ1) is 17.7. The molecule has 0 amide bonds. The lowest BCUT2D eigenvalue weighted by Gasteiger charge is -2.14. The first-order chi connectivity index (χ1) is 12.6. The SMILES string of the molecule is COc1cc(C(=O)C2CNC(c3ccc(F)cc3)=N2)cc(OC)c1OC. The first-order valence-electron chi connectivity index (χ1n) is 7.99. The molecule has 1 N–H and O–H groups in total. The maximum atomic E-state index is 13.1. The van der Waals surface area contributed by atoms with Crippen LogP contribution in [-0.2, 0) is 0 Å². The summed E-state index contributed by atoms with van der Waals surface area (Å²) >= 11 is 0. The van der Waals surface area contributed by atoms with Crippen molar-refractivity contribution < 1.29 is 23.4 Å². The molecule has 0 aromatic heterocycles. The van der Waals surface area contributed by atoms with Crippen LogP contribution in [0, 0.1) is 5.82 Å². The van der Waals surface area contributed by atoms with Crippen molar-refractivity contribution in [3.05, 3.63) is 53.3 Å². The minimum absolute atomic E-state index is 0.172. The number of aliphatic imine (C=N–C) groups is 1. The summed E-state index contributed by atoms with van der Waals surface area (Å²) < 4.78 is 28.9. The van der Waals surface area contributed by atoms with Gasteiger partial charge in [-0.1, -0.05) is 0 Å². The van der Waals surface area contributed by atoms with Gasteiger partial charge in [-0.25, -0.2) is 4.39 Å². The van der Waals surface area contributed by atoms with Gasteiger partial charge < -0.3 is 19.5 Å². The van der Waals surface area contributed by atoms with E-state index >= 15 is 0 Å². The van der Waals surface area contributed by atoms with Crippen molar-refractivity contribution in [1.82, 2.24) is 5.32 Å². The minimum Gasteiger partial charge on any atom is -0.493 e. The van der Waals surface area contributed by atoms with E-state index in [-0.39, 0.29) is 11.6 Å². The van der Waals surface area contributed by atoms with Crippen molar-refractivity contribution in [3.8, 4) is 17.2 Å². The molecule has 0 saturated heterocycles. The molecule has 1 aliphatic heterocycles. The highest BCUT2D eigenvalue weighted by Gasteiger charge is 2.27. The van der Waals surface area contributed by atoms with Gasteiger partial charge in [0.1, 0.15) is 17.7 Å². The molecule has 0 saturated carbocycles. The second kappa shape index (κ2) is 7.43. The number of Topliss-reactive ketones (excluding diaryl/α,β-unsaturated/α-hetero) is 1. The molecule has 1 heterocycles. The van der Waals surface area contributed by atoms with Gasteiger partial charge in [0.15, 0.2) is 17.3 Å². The number of carbonyl (C=O) groups excluding carboxylic acids is 1. The third kappa shape index (κ3) is 3.33. The summed E-state index contributed by atoms with van der Waals surface area (Å²) in [5.74, 6) is 1.31. The number of hydrogen-bond acceptors (Lipinski definition) is 6. The standard InChI is InChI=1S/C19H19FN2O4/c1-24-15-8-12(9-16(25-2)18(15)26-3)17(23)14-10-21-19(22-14)11-4-6-13(20)7-5-11/h4-9,14H,10H2,1-3H3,(H,21,22). The lowest BCUT2D eigenvalue weighted by atomic mass is 10.0. The summed E-state index contributed by atoms with van der Waals surface area (Å²) in [6.07, 6.45) is 0. The Bertz CT molecular complexity index is 824. The number of methoxy groups -OCH3 is 3. The highest BCUT2D eigenvalue weighted by atomic mass is 19.1. The van der Waals surface area contributed by atoms with E-state index in [0.717, 1.165) is 5.56 Å². The molecule has 0 radical (unpaired) electrons. The fourth-order valence-corrected chi connectivity index (χ4v) is 2.79. The number of halogens is 1. The average Bonchev–Trinajstić information content (AvgIpc) is 3.16. The number of rotatable bonds is 6. The van der Waals surface area contributed by atoms with E-state index in [1.165, 1.54) is 33.5 Å². The number of ketones is 1. The summed E-state index contributed by atoms with van der Waals surface area (Å²) in [4.78, 5) is 17.3. The number of nitrogens with zero attached hydrogens (tertiary/aromatic N) is 1. The topological polar surface area (TPSA) is 69.2 Å². The molecule has 2 aromatic rings. The molecular formula is C19H19FN2O4. The summed E-state index contributed by atoms with van der Waals surface area (Å²) in [5.41, 5.74) is 1.14. The van der Waals surface area contributed by atoms with Crippen molar-refractivity contribution in [2.75, 3.05) is 27.9 Å². The quantitative estimate of drug-likeness (QED) is 0.804. The molecule has 136 valence electrons. The van der Waals surface area contributed by atoms with Crippen LogP contribution in [0.15, 0.2) is 41.4 Å². The van der Waals surface area contributed by atoms with E-state index in [9.17, 15) is 9.18 Å². The van der Waals surface area contributed by atoms with Crippen molar-refractivity contribution in [2.24, 2.45) is 4.99 Å². The number of benzene rings is 2. The Morgan fingerprint density at radius 3 is 2.23 bits per heavy atom. The molecule has 0 bridgehead atoms. The van der Waals surface area contributed by atoms with Gasteiger partial charge in [-0.15, -0.1) is 0 Å². The van der Waals surface area contributed by atoms with Crippen LogP contribution >= 0.6 is 0 Å². The van der Waals surface area contributed by atoms with Gasteiger partial charge in [0, 0.05) is 17.7 Å². The fourth-order valence-electron chi connectivity index (χ4n) is 2.79. The van der Waals surface area contributed by atoms with Crippen molar-refractivity contribution in [2.45, 2.75) is 6.04 Å². The van der Waals surface area contributed by atoms with Crippen LogP contribution < -0.4 is 19.5 Å². The van der Waals surface area contributed by atoms with Crippen molar-refractivity contribution in [3.63, 3.8) is 0 Å². The molecule has 0 fully saturated rings. The van der Waals surface area contributed by atoms with Crippen molar-refractivity contribution >= 4 is 11.6 Å². The molecule has 1 aliphatic rings. The average molecular weight is 358 g/mol. The van der Waals surface area contributed by atoms with Crippen LogP contribution in [0.1, 0.15) is 15.9 Å². The van der Waals surface area contributed by atoms with E-state index < -0.39 is 6.04 Å². The summed E-state index contributed by atoms with van der Waals surface area (Å²) in [5, 5.41) is 3.09. The van der Waals surface area contributed by atoms with E-state index in [0.29, 0.717) is 35.2 Å². The van der Waals surface area contributed by atoms with Gasteiger partial charge in [-0.2, -0.15) is 0 Å².